The van der Waals surface area contributed by atoms with Crippen LogP contribution in [0, 0.1) is 0 Å². The fraction of sp³-hybridized carbons (Fsp3) is 0.741. The number of thioether (sulfide) groups is 1. The molecule has 5 atom stereocenters. The second-order valence-electron chi connectivity index (χ2n) is 20.4. The van der Waals surface area contributed by atoms with Crippen LogP contribution in [-0.4, -0.2) is 217 Å². The van der Waals surface area contributed by atoms with Gasteiger partial charge in [0.1, 0.15) is 0 Å². The molecule has 7 N–H and O–H groups in total. The minimum absolute atomic E-state index is 0. The summed E-state index contributed by atoms with van der Waals surface area (Å²) in [7, 11) is 0. The molecule has 2 aromatic carbocycles. The number of hydrogen-bond acceptors (Lipinski definition) is 17. The molecule has 2 heterocycles. The standard InChI is InChI=1S/C58H94N6O14S.2ClH/c59-49-13-15-50(16-14-49)62-52-43-51(52)47-11-9-46(10-12-47)48-5-3-4-45(42-48)8-17-56(66)61-19-21-69-23-25-71-27-29-73-31-33-75-35-37-77-39-41-78-40-38-76-36-34-74-32-30-72-28-26-70-24-22-68-20-18-60-55(65)7-2-1-6-54-57-53(44-79-54)63-58(67)64-57;;/h3-5,9-12,42,49-54,57,62H,1-2,6-8,13-41,43-44,59H2,(H,60,65)(H,61,66)(H2,63,64,67);2*1H/t49-,50-,51-,52+,53-,54-,57-;;/m0../s1. The van der Waals surface area contributed by atoms with Crippen molar-refractivity contribution in [1.82, 2.24) is 26.6 Å². The first-order valence-corrected chi connectivity index (χ1v) is 30.2. The van der Waals surface area contributed by atoms with Crippen LogP contribution >= 0.6 is 36.6 Å². The number of carbonyl (C=O) groups is 3. The number of amides is 4. The molecule has 0 aromatic heterocycles. The third kappa shape index (κ3) is 31.1. The second kappa shape index (κ2) is 44.5. The van der Waals surface area contributed by atoms with Crippen molar-refractivity contribution in [2.24, 2.45) is 5.73 Å². The molecule has 81 heavy (non-hydrogen) atoms. The largest absolute Gasteiger partial charge is 0.377 e. The van der Waals surface area contributed by atoms with Gasteiger partial charge in [0.05, 0.1) is 157 Å². The highest BCUT2D eigenvalue weighted by Gasteiger charge is 2.42. The number of halogens is 2. The Morgan fingerprint density at radius 2 is 1.02 bits per heavy atom. The molecule has 2 aromatic rings. The summed E-state index contributed by atoms with van der Waals surface area (Å²) < 4.78 is 61.0. The van der Waals surface area contributed by atoms with Gasteiger partial charge in [-0.2, -0.15) is 11.8 Å². The first kappa shape index (κ1) is 70.5. The fourth-order valence-corrected chi connectivity index (χ4v) is 11.2. The molecule has 23 heteroatoms. The Hall–Kier alpha value is -2.94. The summed E-state index contributed by atoms with van der Waals surface area (Å²) in [5.41, 5.74) is 11.0. The van der Waals surface area contributed by atoms with Gasteiger partial charge in [-0.1, -0.05) is 55.0 Å². The minimum atomic E-state index is -0.0632. The minimum Gasteiger partial charge on any atom is -0.377 e. The summed E-state index contributed by atoms with van der Waals surface area (Å²) in [6.45, 7) is 11.3. The lowest BCUT2D eigenvalue weighted by Crippen LogP contribution is -2.38. The van der Waals surface area contributed by atoms with E-state index in [4.69, 9.17) is 57.8 Å². The van der Waals surface area contributed by atoms with Gasteiger partial charge in [-0.25, -0.2) is 4.79 Å². The molecule has 20 nitrogen and oxygen atoms in total. The number of nitrogens with two attached hydrogens (primary N) is 1. The summed E-state index contributed by atoms with van der Waals surface area (Å²) in [6, 6.07) is 19.5. The van der Waals surface area contributed by atoms with Crippen LogP contribution < -0.4 is 32.3 Å². The SMILES string of the molecule is Cl.Cl.N[C@H]1CC[C@H](N[C@@H]2C[C@H]2c2ccc(-c3cccc(CCC(=O)NCCOCCOCCOCCOCCOCCOCCOCCOCCOCCOCCOCCNC(=O)CCCC[C@@H]4SC[C@@H]5NC(=O)N[C@@H]54)c3)cc2)CC1. The van der Waals surface area contributed by atoms with Crippen molar-refractivity contribution in [1.29, 1.82) is 0 Å². The number of fused-ring (bicyclic) bond motifs is 1. The van der Waals surface area contributed by atoms with Crippen molar-refractivity contribution < 1.29 is 66.5 Å². The van der Waals surface area contributed by atoms with E-state index in [1.165, 1.54) is 36.0 Å². The number of carbonyl (C=O) groups excluding carboxylic acids is 3. The maximum Gasteiger partial charge on any atom is 0.315 e. The summed E-state index contributed by atoms with van der Waals surface area (Å²) in [6.07, 6.45) is 10.3. The van der Waals surface area contributed by atoms with Crippen LogP contribution in [0.1, 0.15) is 81.3 Å². The zero-order chi connectivity index (χ0) is 55.2. The van der Waals surface area contributed by atoms with E-state index >= 15 is 0 Å². The molecule has 0 unspecified atom stereocenters. The molecule has 4 fully saturated rings. The van der Waals surface area contributed by atoms with E-state index in [-0.39, 0.29) is 54.7 Å². The Labute approximate surface area is 498 Å². The molecule has 4 amide bonds. The smallest absolute Gasteiger partial charge is 0.315 e. The second-order valence-corrected chi connectivity index (χ2v) is 21.6. The van der Waals surface area contributed by atoms with Crippen molar-refractivity contribution in [2.45, 2.75) is 112 Å². The monoisotopic (exact) mass is 1200 g/mol. The van der Waals surface area contributed by atoms with Crippen molar-refractivity contribution in [3.63, 3.8) is 0 Å². The lowest BCUT2D eigenvalue weighted by Gasteiger charge is -2.27. The number of urea groups is 1. The average Bonchev–Trinajstić information content (AvgIpc) is 4.20. The number of benzene rings is 2. The Morgan fingerprint density at radius 3 is 1.52 bits per heavy atom. The Kier molecular flexibility index (Phi) is 38.8. The highest BCUT2D eigenvalue weighted by molar-refractivity contribution is 8.00. The van der Waals surface area contributed by atoms with Gasteiger partial charge in [-0.3, -0.25) is 9.59 Å². The molecular weight excluding hydrogens is 1110 g/mol. The molecule has 2 saturated heterocycles. The molecule has 462 valence electrons. The van der Waals surface area contributed by atoms with E-state index < -0.39 is 0 Å². The van der Waals surface area contributed by atoms with Crippen LogP contribution in [0.3, 0.4) is 0 Å². The van der Waals surface area contributed by atoms with Gasteiger partial charge >= 0.3 is 6.03 Å². The fourth-order valence-electron chi connectivity index (χ4n) is 9.70. The number of nitrogens with one attached hydrogen (secondary N) is 5. The van der Waals surface area contributed by atoms with Crippen molar-refractivity contribution in [3.8, 4) is 11.1 Å². The lowest BCUT2D eigenvalue weighted by molar-refractivity contribution is -0.122. The molecule has 2 saturated carbocycles. The lowest BCUT2D eigenvalue weighted by atomic mass is 9.91. The van der Waals surface area contributed by atoms with Crippen molar-refractivity contribution in [2.75, 3.05) is 164 Å². The molecule has 2 aliphatic carbocycles. The summed E-state index contributed by atoms with van der Waals surface area (Å²) in [5, 5.41) is 16.1. The zero-order valence-corrected chi connectivity index (χ0v) is 50.1. The topological polar surface area (TPSA) is 239 Å². The van der Waals surface area contributed by atoms with Crippen LogP contribution in [0.5, 0.6) is 0 Å². The normalized spacial score (nSPS) is 20.9. The van der Waals surface area contributed by atoms with Crippen LogP contribution in [0.15, 0.2) is 48.5 Å². The van der Waals surface area contributed by atoms with E-state index in [0.29, 0.717) is 207 Å². The van der Waals surface area contributed by atoms with Gasteiger partial charge < -0.3 is 84.4 Å². The Bertz CT molecular complexity index is 1950. The van der Waals surface area contributed by atoms with Crippen molar-refractivity contribution in [3.05, 3.63) is 59.7 Å². The zero-order valence-electron chi connectivity index (χ0n) is 47.6. The van der Waals surface area contributed by atoms with E-state index in [1.807, 2.05) is 11.8 Å². The van der Waals surface area contributed by atoms with Crippen LogP contribution in [0.25, 0.3) is 11.1 Å². The van der Waals surface area contributed by atoms with Gasteiger partial charge in [0.15, 0.2) is 0 Å². The third-order valence-corrected chi connectivity index (χ3v) is 15.7. The van der Waals surface area contributed by atoms with Gasteiger partial charge in [0.25, 0.3) is 0 Å². The average molecular weight is 1200 g/mol. The molecule has 0 radical (unpaired) electrons. The predicted octanol–water partition coefficient (Wildman–Crippen LogP) is 4.99. The maximum absolute atomic E-state index is 12.5. The highest BCUT2D eigenvalue weighted by atomic mass is 35.5. The molecule has 2 aliphatic heterocycles. The Morgan fingerprint density at radius 1 is 0.556 bits per heavy atom. The van der Waals surface area contributed by atoms with Crippen LogP contribution in [-0.2, 0) is 68.1 Å². The summed E-state index contributed by atoms with van der Waals surface area (Å²) >= 11 is 1.90. The highest BCUT2D eigenvalue weighted by Crippen LogP contribution is 2.42. The van der Waals surface area contributed by atoms with E-state index in [9.17, 15) is 14.4 Å². The van der Waals surface area contributed by atoms with E-state index in [2.05, 4.69) is 75.1 Å². The summed E-state index contributed by atoms with van der Waals surface area (Å²) in [5.74, 6) is 1.62. The molecule has 0 bridgehead atoms. The van der Waals surface area contributed by atoms with Crippen molar-refractivity contribution >= 4 is 54.4 Å². The van der Waals surface area contributed by atoms with Gasteiger partial charge in [0, 0.05) is 61.0 Å². The predicted molar refractivity (Wildman–Crippen MR) is 318 cm³/mol. The van der Waals surface area contributed by atoms with Gasteiger partial charge in [-0.15, -0.1) is 24.8 Å². The van der Waals surface area contributed by atoms with E-state index in [1.54, 1.807) is 0 Å². The van der Waals surface area contributed by atoms with Gasteiger partial charge in [0.2, 0.25) is 11.8 Å². The first-order chi connectivity index (χ1) is 38.9. The number of rotatable bonds is 48. The molecule has 6 rings (SSSR count). The maximum atomic E-state index is 12.5. The first-order valence-electron chi connectivity index (χ1n) is 29.2. The van der Waals surface area contributed by atoms with Crippen LogP contribution in [0.2, 0.25) is 0 Å². The quantitative estimate of drug-likeness (QED) is 0.0378. The molecule has 0 spiro atoms. The van der Waals surface area contributed by atoms with Gasteiger partial charge in [-0.05, 0) is 73.6 Å². The number of unbranched alkanes of at least 4 members (excludes halogenated alkanes) is 1. The number of aryl methyl sites for hydroxylation is 1. The van der Waals surface area contributed by atoms with E-state index in [0.717, 1.165) is 43.4 Å². The number of ether oxygens (including phenoxy) is 11. The molecular formula is C58H96Cl2N6O14S. The Balaban J connectivity index is 0.00000706. The number of hydrogen-bond donors (Lipinski definition) is 6. The van der Waals surface area contributed by atoms with Crippen LogP contribution in [0.4, 0.5) is 4.79 Å². The third-order valence-electron chi connectivity index (χ3n) is 14.2. The summed E-state index contributed by atoms with van der Waals surface area (Å²) in [4.78, 5) is 36.1. The molecule has 4 aliphatic rings.